The van der Waals surface area contributed by atoms with E-state index in [1.54, 1.807) is 6.07 Å². The Balaban J connectivity index is 1.72. The predicted molar refractivity (Wildman–Crippen MR) is 105 cm³/mol. The molecule has 3 rings (SSSR count). The lowest BCUT2D eigenvalue weighted by Crippen LogP contribution is -2.43. The van der Waals surface area contributed by atoms with Crippen molar-refractivity contribution in [2.75, 3.05) is 18.4 Å². The predicted octanol–water partition coefficient (Wildman–Crippen LogP) is 3.94. The minimum absolute atomic E-state index is 0.0356. The van der Waals surface area contributed by atoms with Gasteiger partial charge in [-0.1, -0.05) is 15.9 Å². The molecule has 0 unspecified atom stereocenters. The number of carbonyl (C=O) groups excluding carboxylic acids is 1. The van der Waals surface area contributed by atoms with Crippen LogP contribution < -0.4 is 5.32 Å². The molecule has 0 aromatic heterocycles. The Morgan fingerprint density at radius 2 is 1.93 bits per heavy atom. The molecule has 1 N–H and O–H groups in total. The zero-order chi connectivity index (χ0) is 19.6. The van der Waals surface area contributed by atoms with Gasteiger partial charge in [-0.15, -0.1) is 0 Å². The van der Waals surface area contributed by atoms with Crippen molar-refractivity contribution in [3.05, 3.63) is 58.3 Å². The monoisotopic (exact) mass is 454 g/mol. The summed E-state index contributed by atoms with van der Waals surface area (Å²) in [7, 11) is -3.75. The lowest BCUT2D eigenvalue weighted by Gasteiger charge is -2.31. The molecule has 1 fully saturated rings. The molecule has 1 aliphatic heterocycles. The second kappa shape index (κ2) is 8.08. The number of benzene rings is 2. The molecule has 0 spiro atoms. The van der Waals surface area contributed by atoms with Crippen molar-refractivity contribution in [3.8, 4) is 0 Å². The summed E-state index contributed by atoms with van der Waals surface area (Å²) < 4.78 is 40.9. The van der Waals surface area contributed by atoms with Gasteiger partial charge in [-0.2, -0.15) is 4.31 Å². The summed E-state index contributed by atoms with van der Waals surface area (Å²) >= 11 is 3.42. The van der Waals surface area contributed by atoms with Gasteiger partial charge in [-0.05, 0) is 67.8 Å². The normalized spacial score (nSPS) is 18.3. The summed E-state index contributed by atoms with van der Waals surface area (Å²) in [5.41, 5.74) is 1.68. The van der Waals surface area contributed by atoms with Gasteiger partial charge < -0.3 is 5.32 Å². The van der Waals surface area contributed by atoms with Crippen LogP contribution in [-0.4, -0.2) is 31.7 Å². The van der Waals surface area contributed by atoms with Crippen LogP contribution in [0.25, 0.3) is 0 Å². The molecule has 27 heavy (non-hydrogen) atoms. The topological polar surface area (TPSA) is 66.5 Å². The summed E-state index contributed by atoms with van der Waals surface area (Å²) in [6.45, 7) is 2.39. The average Bonchev–Trinajstić information content (AvgIpc) is 2.65. The molecular formula is C19H20BrFN2O3S. The Labute approximate surface area is 166 Å². The van der Waals surface area contributed by atoms with Crippen LogP contribution in [0.3, 0.4) is 0 Å². The Kier molecular flexibility index (Phi) is 5.98. The zero-order valence-electron chi connectivity index (χ0n) is 14.8. The lowest BCUT2D eigenvalue weighted by atomic mass is 9.98. The molecule has 1 heterocycles. The van der Waals surface area contributed by atoms with Gasteiger partial charge in [0, 0.05) is 23.2 Å². The highest BCUT2D eigenvalue weighted by Crippen LogP contribution is 2.26. The molecule has 1 saturated heterocycles. The second-order valence-electron chi connectivity index (χ2n) is 6.61. The summed E-state index contributed by atoms with van der Waals surface area (Å²) in [5, 5.41) is 2.87. The van der Waals surface area contributed by atoms with E-state index < -0.39 is 21.8 Å². The maximum absolute atomic E-state index is 13.1. The number of aryl methyl sites for hydroxylation is 1. The number of nitrogens with one attached hydrogen (secondary N) is 1. The highest BCUT2D eigenvalue weighted by atomic mass is 79.9. The van der Waals surface area contributed by atoms with E-state index in [-0.39, 0.29) is 17.3 Å². The fourth-order valence-electron chi connectivity index (χ4n) is 3.10. The van der Waals surface area contributed by atoms with Crippen molar-refractivity contribution >= 4 is 37.5 Å². The van der Waals surface area contributed by atoms with Gasteiger partial charge in [-0.3, -0.25) is 4.79 Å². The quantitative estimate of drug-likeness (QED) is 0.760. The standard InChI is InChI=1S/C19H20BrFN2O3S/c1-13-11-16(6-9-18(13)20)22-19(24)14-3-2-10-23(12-14)27(25,26)17-7-4-15(21)5-8-17/h4-9,11,14H,2-3,10,12H2,1H3,(H,22,24)/t14-/m1/s1. The van der Waals surface area contributed by atoms with E-state index in [1.165, 1.54) is 16.4 Å². The number of carbonyl (C=O) groups is 1. The third kappa shape index (κ3) is 4.56. The minimum Gasteiger partial charge on any atom is -0.326 e. The van der Waals surface area contributed by atoms with E-state index in [4.69, 9.17) is 0 Å². The average molecular weight is 455 g/mol. The number of hydrogen-bond donors (Lipinski definition) is 1. The van der Waals surface area contributed by atoms with Crippen LogP contribution in [0.4, 0.5) is 10.1 Å². The van der Waals surface area contributed by atoms with Crippen molar-refractivity contribution in [2.24, 2.45) is 5.92 Å². The van der Waals surface area contributed by atoms with E-state index in [2.05, 4.69) is 21.2 Å². The van der Waals surface area contributed by atoms with Crippen LogP contribution >= 0.6 is 15.9 Å². The highest BCUT2D eigenvalue weighted by molar-refractivity contribution is 9.10. The Morgan fingerprint density at radius 1 is 1.22 bits per heavy atom. The number of hydrogen-bond acceptors (Lipinski definition) is 3. The molecule has 5 nitrogen and oxygen atoms in total. The number of sulfonamides is 1. The smallest absolute Gasteiger partial charge is 0.243 e. The molecule has 2 aromatic rings. The molecule has 1 amide bonds. The van der Waals surface area contributed by atoms with E-state index in [0.29, 0.717) is 25.1 Å². The number of amides is 1. The number of nitrogens with zero attached hydrogens (tertiary/aromatic N) is 1. The molecule has 0 bridgehead atoms. The summed E-state index contributed by atoms with van der Waals surface area (Å²) in [5.74, 6) is -1.12. The summed E-state index contributed by atoms with van der Waals surface area (Å²) in [6, 6.07) is 10.3. The van der Waals surface area contributed by atoms with Gasteiger partial charge in [0.2, 0.25) is 15.9 Å². The van der Waals surface area contributed by atoms with E-state index in [9.17, 15) is 17.6 Å². The molecule has 8 heteroatoms. The number of halogens is 2. The maximum Gasteiger partial charge on any atom is 0.243 e. The third-order valence-electron chi connectivity index (χ3n) is 4.63. The van der Waals surface area contributed by atoms with E-state index in [0.717, 1.165) is 22.2 Å². The van der Waals surface area contributed by atoms with E-state index >= 15 is 0 Å². The van der Waals surface area contributed by atoms with Crippen LogP contribution in [0.15, 0.2) is 51.8 Å². The van der Waals surface area contributed by atoms with Crippen LogP contribution in [0, 0.1) is 18.7 Å². The van der Waals surface area contributed by atoms with Gasteiger partial charge in [0.25, 0.3) is 0 Å². The fraction of sp³-hybridized carbons (Fsp3) is 0.316. The van der Waals surface area contributed by atoms with Gasteiger partial charge in [0.15, 0.2) is 0 Å². The molecule has 0 radical (unpaired) electrons. The third-order valence-corrected chi connectivity index (χ3v) is 7.40. The highest BCUT2D eigenvalue weighted by Gasteiger charge is 2.33. The Morgan fingerprint density at radius 3 is 2.59 bits per heavy atom. The van der Waals surface area contributed by atoms with Gasteiger partial charge in [-0.25, -0.2) is 12.8 Å². The summed E-state index contributed by atoms with van der Waals surface area (Å²) in [6.07, 6.45) is 1.22. The van der Waals surface area contributed by atoms with Crippen molar-refractivity contribution < 1.29 is 17.6 Å². The lowest BCUT2D eigenvalue weighted by molar-refractivity contribution is -0.120. The van der Waals surface area contributed by atoms with Crippen molar-refractivity contribution in [3.63, 3.8) is 0 Å². The van der Waals surface area contributed by atoms with Crippen LogP contribution in [0.1, 0.15) is 18.4 Å². The second-order valence-corrected chi connectivity index (χ2v) is 9.40. The first kappa shape index (κ1) is 20.0. The van der Waals surface area contributed by atoms with Crippen LogP contribution in [-0.2, 0) is 14.8 Å². The number of piperidine rings is 1. The maximum atomic E-state index is 13.1. The van der Waals surface area contributed by atoms with Crippen LogP contribution in [0.5, 0.6) is 0 Å². The first-order valence-corrected chi connectivity index (χ1v) is 10.8. The molecule has 1 aliphatic rings. The van der Waals surface area contributed by atoms with Gasteiger partial charge in [0.05, 0.1) is 10.8 Å². The van der Waals surface area contributed by atoms with Crippen molar-refractivity contribution in [1.82, 2.24) is 4.31 Å². The molecular weight excluding hydrogens is 435 g/mol. The Hall–Kier alpha value is -1.77. The SMILES string of the molecule is Cc1cc(NC(=O)[C@@H]2CCCN(S(=O)(=O)c3ccc(F)cc3)C2)ccc1Br. The van der Waals surface area contributed by atoms with Crippen molar-refractivity contribution in [2.45, 2.75) is 24.7 Å². The number of anilines is 1. The van der Waals surface area contributed by atoms with Crippen LogP contribution in [0.2, 0.25) is 0 Å². The first-order valence-electron chi connectivity index (χ1n) is 8.60. The minimum atomic E-state index is -3.75. The largest absolute Gasteiger partial charge is 0.326 e. The zero-order valence-corrected chi connectivity index (χ0v) is 17.2. The molecule has 144 valence electrons. The van der Waals surface area contributed by atoms with Crippen molar-refractivity contribution in [1.29, 1.82) is 0 Å². The molecule has 0 aliphatic carbocycles. The van der Waals surface area contributed by atoms with Gasteiger partial charge in [0.1, 0.15) is 5.82 Å². The van der Waals surface area contributed by atoms with E-state index in [1.807, 2.05) is 19.1 Å². The number of rotatable bonds is 4. The fourth-order valence-corrected chi connectivity index (χ4v) is 4.87. The molecule has 1 atom stereocenters. The first-order chi connectivity index (χ1) is 12.8. The van der Waals surface area contributed by atoms with Gasteiger partial charge >= 0.3 is 0 Å². The Bertz CT molecular complexity index is 948. The molecule has 2 aromatic carbocycles. The summed E-state index contributed by atoms with van der Waals surface area (Å²) in [4.78, 5) is 12.7. The molecule has 0 saturated carbocycles.